The third-order valence-corrected chi connectivity index (χ3v) is 24.9. The molecule has 10 rings (SSSR count). The molecule has 1 unspecified atom stereocenters. The molecule has 2 aromatic heterocycles. The van der Waals surface area contributed by atoms with Gasteiger partial charge in [0.1, 0.15) is 59.8 Å². The van der Waals surface area contributed by atoms with Crippen LogP contribution in [0.1, 0.15) is 68.3 Å². The van der Waals surface area contributed by atoms with Crippen LogP contribution in [0.3, 0.4) is 0 Å². The van der Waals surface area contributed by atoms with Gasteiger partial charge < -0.3 is 37.6 Å². The van der Waals surface area contributed by atoms with E-state index >= 15 is 4.57 Å². The van der Waals surface area contributed by atoms with Crippen LogP contribution in [0.2, 0.25) is 5.04 Å². The minimum Gasteiger partial charge on any atom is -0.497 e. The van der Waals surface area contributed by atoms with E-state index in [1.165, 1.54) is 38.7 Å². The van der Waals surface area contributed by atoms with Crippen molar-refractivity contribution < 1.29 is 68.3 Å². The molecule has 0 bridgehead atoms. The summed E-state index contributed by atoms with van der Waals surface area (Å²) in [6.07, 6.45) is -11.9. The first-order chi connectivity index (χ1) is 46.1. The Hall–Kier alpha value is -8.23. The van der Waals surface area contributed by atoms with Gasteiger partial charge in [-0.2, -0.15) is 13.7 Å². The normalized spacial score (nSPS) is 20.9. The second-order valence-electron chi connectivity index (χ2n) is 23.8. The summed E-state index contributed by atoms with van der Waals surface area (Å²) in [4.78, 5) is 57.7. The van der Waals surface area contributed by atoms with E-state index in [-0.39, 0.29) is 11.3 Å². The largest absolute Gasteiger partial charge is 0.497 e. The molecule has 6 aromatic carbocycles. The number of rotatable bonds is 29. The number of nitriles is 1. The van der Waals surface area contributed by atoms with Crippen molar-refractivity contribution >= 4 is 36.6 Å². The fraction of sp³-hybridized carbons (Fsp3) is 0.348. The number of benzene rings is 6. The van der Waals surface area contributed by atoms with E-state index in [0.29, 0.717) is 28.2 Å². The summed E-state index contributed by atoms with van der Waals surface area (Å²) >= 11 is 0. The van der Waals surface area contributed by atoms with Crippen molar-refractivity contribution in [1.29, 1.82) is 5.26 Å². The number of phosphoric ester groups is 1. The molecule has 24 nitrogen and oxygen atoms in total. The zero-order chi connectivity index (χ0) is 68.4. The number of nitrogens with zero attached hydrogens (tertiary/aromatic N) is 3. The van der Waals surface area contributed by atoms with Crippen LogP contribution in [-0.4, -0.2) is 127 Å². The van der Waals surface area contributed by atoms with Crippen LogP contribution in [0, 0.1) is 18.3 Å². The van der Waals surface area contributed by atoms with Gasteiger partial charge in [-0.1, -0.05) is 154 Å². The van der Waals surface area contributed by atoms with Crippen LogP contribution < -0.4 is 42.3 Å². The van der Waals surface area contributed by atoms with Crippen molar-refractivity contribution in [2.75, 3.05) is 48.3 Å². The smallest absolute Gasteiger partial charge is 0.475 e. The van der Waals surface area contributed by atoms with E-state index in [2.05, 4.69) is 9.97 Å². The molecule has 2 fully saturated rings. The van der Waals surface area contributed by atoms with E-state index in [4.69, 9.17) is 55.3 Å². The molecule has 10 atom stereocenters. The van der Waals surface area contributed by atoms with Crippen molar-refractivity contribution in [3.63, 3.8) is 0 Å². The van der Waals surface area contributed by atoms with Gasteiger partial charge in [-0.05, 0) is 75.4 Å². The number of H-pyrrole nitrogens is 2. The topological polar surface area (TPSA) is 295 Å². The highest BCUT2D eigenvalue weighted by Gasteiger charge is 2.60. The molecular weight excluding hydrogens is 1290 g/mol. The molecule has 0 amide bonds. The average Bonchev–Trinajstić information content (AvgIpc) is 1.28. The van der Waals surface area contributed by atoms with Gasteiger partial charge >= 0.3 is 19.2 Å². The molecule has 2 aliphatic heterocycles. The van der Waals surface area contributed by atoms with E-state index in [9.17, 15) is 32.9 Å². The van der Waals surface area contributed by atoms with Gasteiger partial charge in [0, 0.05) is 45.2 Å². The summed E-state index contributed by atoms with van der Waals surface area (Å²) in [5, 5.41) is 10.9. The van der Waals surface area contributed by atoms with Crippen LogP contribution in [0.25, 0.3) is 0 Å². The minimum atomic E-state index is -5.42. The summed E-state index contributed by atoms with van der Waals surface area (Å²) in [6.45, 7) is 6.13. The third-order valence-electron chi connectivity index (χ3n) is 17.0. The predicted molar refractivity (Wildman–Crippen MR) is 355 cm³/mol. The Labute approximate surface area is 556 Å². The Bertz CT molecular complexity index is 4280. The molecule has 2 aliphatic rings. The standard InChI is InChI=1S/C69H76N5O19PSSi/c1-46-25-35-52(36-26-46)95(80,81)88-44-39-55(59-61(63(85-8)65(90-59)74-42-38-58(76)72-67(74)78)93-96(68(2,3)4,53-21-14-10-15-22-53)54-23-16-11-17-24-54)91-94(79,87-43-18-40-70)92-60-56(89-64(62(60)84-7)73-41-37-57(75)71-66(73)77)45-86-69(47-19-12-9-13-20-47,48-27-31-50(82-5)32-28-48)49-29-33-51(83-6)34-30-49/h9-17,19-38,41-42,55-56,59-65H,18,39,43-45H2,1-8H3,(H,71,75,77)(H,72,76,78)/t55-,56+,59+,60+,61+,62+,63+,64+,65+,94?/m0/s1. The second-order valence-corrected chi connectivity index (χ2v) is 31.3. The monoisotopic (exact) mass is 1370 g/mol. The Balaban J connectivity index is 1.14. The minimum absolute atomic E-state index is 0.173. The average molecular weight is 1370 g/mol. The highest BCUT2D eigenvalue weighted by atomic mass is 32.2. The summed E-state index contributed by atoms with van der Waals surface area (Å²) < 4.78 is 126. The van der Waals surface area contributed by atoms with Crippen LogP contribution in [0.4, 0.5) is 0 Å². The Morgan fingerprint density at radius 3 is 1.59 bits per heavy atom. The molecule has 2 N–H and O–H groups in total. The van der Waals surface area contributed by atoms with Gasteiger partial charge in [0.25, 0.3) is 29.6 Å². The van der Waals surface area contributed by atoms with E-state index in [1.54, 1.807) is 57.5 Å². The molecule has 27 heteroatoms. The number of ether oxygens (including phenoxy) is 7. The molecule has 8 aromatic rings. The highest BCUT2D eigenvalue weighted by Crippen LogP contribution is 2.57. The summed E-state index contributed by atoms with van der Waals surface area (Å²) in [5.74, 6) is 1.10. The van der Waals surface area contributed by atoms with Gasteiger partial charge in [0.2, 0.25) is 0 Å². The molecule has 0 aliphatic carbocycles. The van der Waals surface area contributed by atoms with Crippen LogP contribution >= 0.6 is 7.82 Å². The van der Waals surface area contributed by atoms with Gasteiger partial charge in [-0.3, -0.25) is 46.4 Å². The van der Waals surface area contributed by atoms with E-state index in [1.807, 2.05) is 142 Å². The fourth-order valence-electron chi connectivity index (χ4n) is 12.4. The molecule has 2 saturated heterocycles. The lowest BCUT2D eigenvalue weighted by Crippen LogP contribution is -2.69. The van der Waals surface area contributed by atoms with Crippen molar-refractivity contribution in [3.05, 3.63) is 252 Å². The maximum atomic E-state index is 16.7. The first-order valence-electron chi connectivity index (χ1n) is 30.8. The summed E-state index contributed by atoms with van der Waals surface area (Å²) in [7, 11) is -7.98. The number of methoxy groups -OCH3 is 4. The second kappa shape index (κ2) is 30.5. The molecule has 506 valence electrons. The zero-order valence-corrected chi connectivity index (χ0v) is 56.8. The summed E-state index contributed by atoms with van der Waals surface area (Å²) in [5.41, 5.74) is -2.12. The fourth-order valence-corrected chi connectivity index (χ4v) is 19.6. The molecule has 0 radical (unpaired) electrons. The number of hydrogen-bond donors (Lipinski definition) is 2. The van der Waals surface area contributed by atoms with Gasteiger partial charge in [0.15, 0.2) is 12.5 Å². The first kappa shape index (κ1) is 70.6. The van der Waals surface area contributed by atoms with Crippen molar-refractivity contribution in [2.24, 2.45) is 0 Å². The van der Waals surface area contributed by atoms with Crippen LogP contribution in [0.15, 0.2) is 212 Å². The summed E-state index contributed by atoms with van der Waals surface area (Å²) in [6, 6.07) is 53.0. The predicted octanol–water partition coefficient (Wildman–Crippen LogP) is 7.80. The molecular formula is C69H76N5O19PSSi. The maximum Gasteiger partial charge on any atom is 0.475 e. The third kappa shape index (κ3) is 15.0. The van der Waals surface area contributed by atoms with E-state index in [0.717, 1.165) is 37.2 Å². The Morgan fingerprint density at radius 2 is 1.11 bits per heavy atom. The lowest BCUT2D eigenvalue weighted by molar-refractivity contribution is -0.104. The SMILES string of the molecule is COc1ccc(C(OC[C@H]2O[C@@H](n3ccc(=O)[nH]c3=O)[C@H](OC)[C@@H]2OP(=O)(OCCC#N)O[C@@H](CCOS(=O)(=O)c2ccc(C)cc2)[C@H]2O[C@@H](n3ccc(=O)[nH]c3=O)[C@H](OC)[C@@H]2O[Si](c2ccccc2)(c2ccccc2)C(C)(C)C)(c2ccccc2)c2ccc(OC)cc2)cc1. The molecule has 96 heavy (non-hydrogen) atoms. The highest BCUT2D eigenvalue weighted by molar-refractivity contribution is 7.86. The number of hydrogen-bond acceptors (Lipinski definition) is 20. The van der Waals surface area contributed by atoms with Gasteiger partial charge in [0.05, 0.1) is 51.4 Å². The quantitative estimate of drug-likeness (QED) is 0.0149. The Kier molecular flexibility index (Phi) is 22.4. The van der Waals surface area contributed by atoms with Gasteiger partial charge in [-0.25, -0.2) is 14.2 Å². The lowest BCUT2D eigenvalue weighted by Gasteiger charge is -2.46. The van der Waals surface area contributed by atoms with Crippen LogP contribution in [0.5, 0.6) is 11.5 Å². The lowest BCUT2D eigenvalue weighted by atomic mass is 9.80. The van der Waals surface area contributed by atoms with Crippen molar-refractivity contribution in [1.82, 2.24) is 19.1 Å². The molecule has 0 spiro atoms. The van der Waals surface area contributed by atoms with Crippen molar-refractivity contribution in [3.8, 4) is 17.6 Å². The number of aromatic nitrogens is 4. The number of aryl methyl sites for hydroxylation is 1. The molecule has 4 heterocycles. The zero-order valence-electron chi connectivity index (χ0n) is 54.1. The maximum absolute atomic E-state index is 16.7. The number of phosphoric acid groups is 1. The Morgan fingerprint density at radius 1 is 0.625 bits per heavy atom. The van der Waals surface area contributed by atoms with E-state index < -0.39 is 141 Å². The number of nitrogens with one attached hydrogen (secondary N) is 2. The molecule has 0 saturated carbocycles. The van der Waals surface area contributed by atoms with Crippen molar-refractivity contribution in [2.45, 2.75) is 111 Å². The van der Waals surface area contributed by atoms with Crippen LogP contribution in [-0.2, 0) is 66.1 Å². The van der Waals surface area contributed by atoms with Gasteiger partial charge in [-0.15, -0.1) is 0 Å². The number of aromatic amines is 2. The first-order valence-corrected chi connectivity index (χ1v) is 35.6.